The molecular formula is C18H21N3O4. The highest BCUT2D eigenvalue weighted by Gasteiger charge is 2.25. The molecule has 2 heterocycles. The van der Waals surface area contributed by atoms with Gasteiger partial charge in [-0.1, -0.05) is 12.1 Å². The van der Waals surface area contributed by atoms with Crippen molar-refractivity contribution in [2.24, 2.45) is 0 Å². The van der Waals surface area contributed by atoms with Gasteiger partial charge in [-0.3, -0.25) is 19.8 Å². The Morgan fingerprint density at radius 3 is 2.76 bits per heavy atom. The van der Waals surface area contributed by atoms with Crippen molar-refractivity contribution < 1.29 is 14.1 Å². The summed E-state index contributed by atoms with van der Waals surface area (Å²) in [4.78, 5) is 25.0. The quantitative estimate of drug-likeness (QED) is 0.450. The fraction of sp³-hybridized carbons (Fsp3) is 0.389. The molecule has 0 saturated carbocycles. The maximum atomic E-state index is 12.3. The van der Waals surface area contributed by atoms with Crippen LogP contribution in [-0.2, 0) is 0 Å². The van der Waals surface area contributed by atoms with E-state index in [0.29, 0.717) is 12.1 Å². The third kappa shape index (κ3) is 4.32. The van der Waals surface area contributed by atoms with Crippen molar-refractivity contribution in [2.45, 2.75) is 18.9 Å². The Hall–Kier alpha value is -2.51. The minimum atomic E-state index is -0.496. The average Bonchev–Trinajstić information content (AvgIpc) is 3.32. The summed E-state index contributed by atoms with van der Waals surface area (Å²) in [5, 5.41) is 14.0. The van der Waals surface area contributed by atoms with E-state index in [0.717, 1.165) is 18.8 Å². The van der Waals surface area contributed by atoms with Gasteiger partial charge >= 0.3 is 0 Å². The molecule has 0 bridgehead atoms. The predicted octanol–water partition coefficient (Wildman–Crippen LogP) is 2.80. The molecular weight excluding hydrogens is 322 g/mol. The first-order valence-electron chi connectivity index (χ1n) is 8.41. The van der Waals surface area contributed by atoms with Crippen LogP contribution in [0.1, 0.15) is 35.0 Å². The number of carbonyl (C=O) groups excluding carboxylic acids is 1. The van der Waals surface area contributed by atoms with Crippen molar-refractivity contribution in [2.75, 3.05) is 26.2 Å². The molecule has 1 aliphatic heterocycles. The number of ketones is 1. The second-order valence-corrected chi connectivity index (χ2v) is 6.14. The highest BCUT2D eigenvalue weighted by Crippen LogP contribution is 2.24. The van der Waals surface area contributed by atoms with E-state index in [1.165, 1.54) is 31.0 Å². The van der Waals surface area contributed by atoms with Crippen LogP contribution in [0, 0.1) is 10.1 Å². The molecule has 0 radical (unpaired) electrons. The fourth-order valence-electron chi connectivity index (χ4n) is 3.16. The summed E-state index contributed by atoms with van der Waals surface area (Å²) in [6.07, 6.45) is 4.00. The van der Waals surface area contributed by atoms with Crippen molar-refractivity contribution in [3.05, 3.63) is 64.1 Å². The van der Waals surface area contributed by atoms with Crippen LogP contribution in [0.5, 0.6) is 0 Å². The average molecular weight is 343 g/mol. The zero-order valence-corrected chi connectivity index (χ0v) is 13.9. The minimum absolute atomic E-state index is 0.0728. The Morgan fingerprint density at radius 1 is 1.28 bits per heavy atom. The molecule has 1 aromatic carbocycles. The lowest BCUT2D eigenvalue weighted by Gasteiger charge is -2.26. The Kier molecular flexibility index (Phi) is 5.57. The fourth-order valence-corrected chi connectivity index (χ4v) is 3.16. The van der Waals surface area contributed by atoms with Gasteiger partial charge in [-0.2, -0.15) is 0 Å². The second kappa shape index (κ2) is 8.04. The number of non-ortho nitro benzene ring substituents is 1. The lowest BCUT2D eigenvalue weighted by atomic mass is 10.1. The molecule has 25 heavy (non-hydrogen) atoms. The lowest BCUT2D eigenvalue weighted by Crippen LogP contribution is -2.36. The number of hydrogen-bond donors (Lipinski definition) is 1. The van der Waals surface area contributed by atoms with Gasteiger partial charge < -0.3 is 9.73 Å². The molecule has 0 spiro atoms. The van der Waals surface area contributed by atoms with Crippen LogP contribution >= 0.6 is 0 Å². The number of likely N-dealkylation sites (tertiary alicyclic amines) is 1. The predicted molar refractivity (Wildman–Crippen MR) is 92.6 cm³/mol. The number of hydrogen-bond acceptors (Lipinski definition) is 6. The Labute approximate surface area is 145 Å². The minimum Gasteiger partial charge on any atom is -0.468 e. The Balaban J connectivity index is 1.59. The van der Waals surface area contributed by atoms with Gasteiger partial charge in [0, 0.05) is 24.2 Å². The lowest BCUT2D eigenvalue weighted by molar-refractivity contribution is -0.384. The number of nitro benzene ring substituents is 1. The maximum absolute atomic E-state index is 12.3. The number of Topliss-reactive ketones (excluding diaryl/α,β-unsaturated/α-hetero) is 1. The monoisotopic (exact) mass is 343 g/mol. The van der Waals surface area contributed by atoms with Crippen LogP contribution in [-0.4, -0.2) is 41.8 Å². The van der Waals surface area contributed by atoms with Gasteiger partial charge in [0.1, 0.15) is 5.76 Å². The zero-order chi connectivity index (χ0) is 17.6. The second-order valence-electron chi connectivity index (χ2n) is 6.14. The molecule has 1 atom stereocenters. The van der Waals surface area contributed by atoms with Crippen LogP contribution < -0.4 is 5.32 Å². The number of nitrogens with one attached hydrogen (secondary N) is 1. The van der Waals surface area contributed by atoms with Crippen molar-refractivity contribution in [1.29, 1.82) is 0 Å². The van der Waals surface area contributed by atoms with E-state index in [-0.39, 0.29) is 24.1 Å². The van der Waals surface area contributed by atoms with Crippen molar-refractivity contribution in [3.63, 3.8) is 0 Å². The summed E-state index contributed by atoms with van der Waals surface area (Å²) in [6, 6.07) is 9.73. The number of rotatable bonds is 8. The highest BCUT2D eigenvalue weighted by atomic mass is 16.6. The molecule has 1 aliphatic rings. The van der Waals surface area contributed by atoms with Crippen molar-refractivity contribution in [3.8, 4) is 0 Å². The normalized spacial score (nSPS) is 16.0. The molecule has 7 nitrogen and oxygen atoms in total. The third-order valence-corrected chi connectivity index (χ3v) is 4.46. The molecule has 7 heteroatoms. The van der Waals surface area contributed by atoms with E-state index in [1.54, 1.807) is 12.3 Å². The first kappa shape index (κ1) is 17.3. The smallest absolute Gasteiger partial charge is 0.270 e. The molecule has 0 aliphatic carbocycles. The van der Waals surface area contributed by atoms with E-state index in [1.807, 2.05) is 12.1 Å². The van der Waals surface area contributed by atoms with Gasteiger partial charge in [0.15, 0.2) is 5.78 Å². The highest BCUT2D eigenvalue weighted by molar-refractivity contribution is 5.98. The number of benzene rings is 1. The topological polar surface area (TPSA) is 88.6 Å². The number of carbonyl (C=O) groups is 1. The number of furan rings is 1. The summed E-state index contributed by atoms with van der Waals surface area (Å²) >= 11 is 0. The first-order chi connectivity index (χ1) is 12.1. The number of nitrogens with zero attached hydrogens (tertiary/aromatic N) is 2. The maximum Gasteiger partial charge on any atom is 0.270 e. The Bertz CT molecular complexity index is 724. The van der Waals surface area contributed by atoms with Gasteiger partial charge in [0.05, 0.1) is 23.8 Å². The molecule has 1 fully saturated rings. The van der Waals surface area contributed by atoms with E-state index < -0.39 is 4.92 Å². The summed E-state index contributed by atoms with van der Waals surface area (Å²) in [7, 11) is 0. The molecule has 2 aromatic rings. The van der Waals surface area contributed by atoms with E-state index in [2.05, 4.69) is 10.2 Å². The molecule has 3 rings (SSSR count). The van der Waals surface area contributed by atoms with Gasteiger partial charge in [0.25, 0.3) is 5.69 Å². The van der Waals surface area contributed by atoms with Crippen molar-refractivity contribution >= 4 is 11.5 Å². The van der Waals surface area contributed by atoms with E-state index >= 15 is 0 Å². The SMILES string of the molecule is O=C(CNCC(c1ccco1)N1CCCC1)c1cccc([N+](=O)[O-])c1. The van der Waals surface area contributed by atoms with Gasteiger partial charge in [0.2, 0.25) is 0 Å². The molecule has 1 aromatic heterocycles. The molecule has 0 amide bonds. The van der Waals surface area contributed by atoms with Crippen LogP contribution in [0.3, 0.4) is 0 Å². The summed E-state index contributed by atoms with van der Waals surface area (Å²) < 4.78 is 5.55. The standard InChI is InChI=1S/C18H21N3O4/c22-17(14-5-3-6-15(11-14)21(23)24)13-19-12-16(18-7-4-10-25-18)20-8-1-2-9-20/h3-7,10-11,16,19H,1-2,8-9,12-13H2. The molecule has 1 N–H and O–H groups in total. The third-order valence-electron chi connectivity index (χ3n) is 4.46. The van der Waals surface area contributed by atoms with E-state index in [4.69, 9.17) is 4.42 Å². The molecule has 132 valence electrons. The van der Waals surface area contributed by atoms with Crippen LogP contribution in [0.4, 0.5) is 5.69 Å². The zero-order valence-electron chi connectivity index (χ0n) is 13.9. The van der Waals surface area contributed by atoms with Crippen LogP contribution in [0.15, 0.2) is 47.1 Å². The van der Waals surface area contributed by atoms with Crippen LogP contribution in [0.2, 0.25) is 0 Å². The summed E-state index contributed by atoms with van der Waals surface area (Å²) in [6.45, 7) is 2.76. The van der Waals surface area contributed by atoms with Gasteiger partial charge in [-0.15, -0.1) is 0 Å². The van der Waals surface area contributed by atoms with Crippen molar-refractivity contribution in [1.82, 2.24) is 10.2 Å². The number of nitro groups is 1. The van der Waals surface area contributed by atoms with Gasteiger partial charge in [-0.25, -0.2) is 0 Å². The Morgan fingerprint density at radius 2 is 2.08 bits per heavy atom. The largest absolute Gasteiger partial charge is 0.468 e. The van der Waals surface area contributed by atoms with E-state index in [9.17, 15) is 14.9 Å². The first-order valence-corrected chi connectivity index (χ1v) is 8.41. The molecule has 1 saturated heterocycles. The van der Waals surface area contributed by atoms with Crippen LogP contribution in [0.25, 0.3) is 0 Å². The summed E-state index contributed by atoms with van der Waals surface area (Å²) in [5.74, 6) is 0.723. The molecule has 1 unspecified atom stereocenters. The summed E-state index contributed by atoms with van der Waals surface area (Å²) in [5.41, 5.74) is 0.272. The van der Waals surface area contributed by atoms with Gasteiger partial charge in [-0.05, 0) is 38.1 Å².